The molecule has 2 heterocycles. The lowest BCUT2D eigenvalue weighted by Gasteiger charge is -2.22. The van der Waals surface area contributed by atoms with Gasteiger partial charge >= 0.3 is 0 Å². The summed E-state index contributed by atoms with van der Waals surface area (Å²) in [5.41, 5.74) is 0.967. The number of para-hydroxylation sites is 1. The van der Waals surface area contributed by atoms with E-state index in [2.05, 4.69) is 15.6 Å². The molecule has 9 nitrogen and oxygen atoms in total. The molecule has 0 saturated heterocycles. The molecule has 0 bridgehead atoms. The van der Waals surface area contributed by atoms with Gasteiger partial charge in [-0.05, 0) is 56.9 Å². The van der Waals surface area contributed by atoms with Crippen molar-refractivity contribution in [2.45, 2.75) is 13.0 Å². The fraction of sp³-hybridized carbons (Fsp3) is 0.194. The quantitative estimate of drug-likeness (QED) is 0.154. The van der Waals surface area contributed by atoms with Crippen LogP contribution in [0.3, 0.4) is 0 Å². The second-order valence-electron chi connectivity index (χ2n) is 11.1. The Morgan fingerprint density at radius 1 is 0.957 bits per heavy atom. The number of carbonyl (C=O) groups excluding carboxylic acids is 1. The number of fused-ring (bicyclic) bond motifs is 1. The number of anilines is 3. The molecule has 0 spiro atoms. The molecule has 1 unspecified atom stereocenters. The van der Waals surface area contributed by atoms with Crippen molar-refractivity contribution in [3.63, 3.8) is 0 Å². The summed E-state index contributed by atoms with van der Waals surface area (Å²) in [4.78, 5) is 33.4. The molecule has 242 valence electrons. The molecule has 0 fully saturated rings. The van der Waals surface area contributed by atoms with Crippen LogP contribution in [0.15, 0.2) is 95.9 Å². The van der Waals surface area contributed by atoms with Crippen LogP contribution in [0.25, 0.3) is 22.0 Å². The van der Waals surface area contributed by atoms with E-state index in [1.165, 1.54) is 37.1 Å². The zero-order valence-corrected chi connectivity index (χ0v) is 26.7. The molecule has 1 atom stereocenters. The first-order valence-corrected chi connectivity index (χ1v) is 14.8. The Labute approximate surface area is 271 Å². The minimum Gasteiger partial charge on any atom is -0.494 e. The van der Waals surface area contributed by atoms with Crippen LogP contribution in [0, 0.1) is 11.6 Å². The molecule has 47 heavy (non-hydrogen) atoms. The van der Waals surface area contributed by atoms with E-state index < -0.39 is 28.8 Å². The molecular formula is C36H35F2N5O4. The molecule has 5 rings (SSSR count). The lowest BCUT2D eigenvalue weighted by Crippen LogP contribution is -2.26. The molecule has 5 aromatic rings. The number of benzene rings is 3. The minimum absolute atomic E-state index is 0.238. The van der Waals surface area contributed by atoms with Gasteiger partial charge in [0, 0.05) is 47.7 Å². The SMILES string of the molecule is COc1cc(OC)c(F)c(-c2cc3cnc(Nc4ccccc4)cc3n(C(C)c3cccc(NC(=O)/C=C/CN(C)C)c3)c2=O)c1F. The largest absolute Gasteiger partial charge is 0.494 e. The van der Waals surface area contributed by atoms with Gasteiger partial charge in [-0.15, -0.1) is 0 Å². The van der Waals surface area contributed by atoms with Crippen LogP contribution < -0.4 is 25.7 Å². The predicted molar refractivity (Wildman–Crippen MR) is 181 cm³/mol. The van der Waals surface area contributed by atoms with Crippen molar-refractivity contribution >= 4 is 34.0 Å². The third-order valence-electron chi connectivity index (χ3n) is 7.57. The normalized spacial score (nSPS) is 12.0. The maximum absolute atomic E-state index is 15.7. The van der Waals surface area contributed by atoms with Gasteiger partial charge in [-0.3, -0.25) is 9.59 Å². The molecule has 0 saturated carbocycles. The Morgan fingerprint density at radius 3 is 2.30 bits per heavy atom. The first-order chi connectivity index (χ1) is 22.6. The number of aromatic nitrogens is 2. The van der Waals surface area contributed by atoms with Crippen molar-refractivity contribution in [2.75, 3.05) is 45.5 Å². The van der Waals surface area contributed by atoms with Crippen molar-refractivity contribution in [3.8, 4) is 22.6 Å². The Kier molecular flexibility index (Phi) is 9.96. The number of pyridine rings is 2. The first kappa shape index (κ1) is 32.8. The van der Waals surface area contributed by atoms with Gasteiger partial charge in [0.2, 0.25) is 5.91 Å². The van der Waals surface area contributed by atoms with E-state index in [1.54, 1.807) is 37.3 Å². The van der Waals surface area contributed by atoms with Crippen molar-refractivity contribution in [3.05, 3.63) is 119 Å². The Hall–Kier alpha value is -5.55. The average molecular weight is 640 g/mol. The van der Waals surface area contributed by atoms with Crippen LogP contribution in [0.2, 0.25) is 0 Å². The minimum atomic E-state index is -1.04. The standard InChI is InChI=1S/C36H35F2N5O4/c1-22(23-11-9-14-26(17-23)41-32(44)15-10-16-42(2)3)43-28-19-31(40-25-12-7-6-8-13-25)39-21-24(28)18-27(36(43)45)33-34(37)29(46-4)20-30(47-5)35(33)38/h6-15,17-22H,16H2,1-5H3,(H,39,40)(H,41,44)/b15-10+. The molecule has 2 aromatic heterocycles. The number of amides is 1. The summed E-state index contributed by atoms with van der Waals surface area (Å²) in [6, 6.07) is 20.0. The van der Waals surface area contributed by atoms with Crippen LogP contribution >= 0.6 is 0 Å². The number of nitrogens with one attached hydrogen (secondary N) is 2. The highest BCUT2D eigenvalue weighted by molar-refractivity contribution is 5.99. The number of halogens is 2. The van der Waals surface area contributed by atoms with E-state index in [1.807, 2.05) is 55.4 Å². The van der Waals surface area contributed by atoms with E-state index in [9.17, 15) is 9.59 Å². The summed E-state index contributed by atoms with van der Waals surface area (Å²) in [7, 11) is 6.29. The summed E-state index contributed by atoms with van der Waals surface area (Å²) in [6.07, 6.45) is 4.74. The van der Waals surface area contributed by atoms with E-state index in [0.29, 0.717) is 34.5 Å². The zero-order chi connectivity index (χ0) is 33.7. The van der Waals surface area contributed by atoms with Gasteiger partial charge in [0.1, 0.15) is 5.82 Å². The number of ether oxygens (including phenoxy) is 2. The molecule has 2 N–H and O–H groups in total. The van der Waals surface area contributed by atoms with E-state index in [4.69, 9.17) is 9.47 Å². The summed E-state index contributed by atoms with van der Waals surface area (Å²) < 4.78 is 43.2. The fourth-order valence-electron chi connectivity index (χ4n) is 5.23. The Balaban J connectivity index is 1.68. The van der Waals surface area contributed by atoms with Crippen LogP contribution in [-0.2, 0) is 4.79 Å². The monoisotopic (exact) mass is 639 g/mol. The van der Waals surface area contributed by atoms with Gasteiger partial charge in [0.05, 0.1) is 36.9 Å². The topological polar surface area (TPSA) is 97.7 Å². The highest BCUT2D eigenvalue weighted by Gasteiger charge is 2.26. The van der Waals surface area contributed by atoms with E-state index >= 15 is 8.78 Å². The predicted octanol–water partition coefficient (Wildman–Crippen LogP) is 6.77. The maximum Gasteiger partial charge on any atom is 0.259 e. The van der Waals surface area contributed by atoms with Gasteiger partial charge in [-0.2, -0.15) is 0 Å². The second kappa shape index (κ2) is 14.3. The number of carbonyl (C=O) groups is 1. The molecule has 11 heteroatoms. The van der Waals surface area contributed by atoms with Crippen LogP contribution in [0.1, 0.15) is 18.5 Å². The van der Waals surface area contributed by atoms with Gasteiger partial charge in [0.15, 0.2) is 23.1 Å². The van der Waals surface area contributed by atoms with Crippen LogP contribution in [-0.4, -0.2) is 55.2 Å². The molecule has 0 aliphatic heterocycles. The van der Waals surface area contributed by atoms with Crippen LogP contribution in [0.4, 0.5) is 26.0 Å². The number of methoxy groups -OCH3 is 2. The summed E-state index contributed by atoms with van der Waals surface area (Å²) in [6.45, 7) is 2.40. The third-order valence-corrected chi connectivity index (χ3v) is 7.57. The third kappa shape index (κ3) is 7.15. The molecule has 0 aliphatic carbocycles. The number of hydrogen-bond donors (Lipinski definition) is 2. The summed E-state index contributed by atoms with van der Waals surface area (Å²) in [5, 5.41) is 6.54. The van der Waals surface area contributed by atoms with Gasteiger partial charge in [-0.25, -0.2) is 13.8 Å². The summed E-state index contributed by atoms with van der Waals surface area (Å²) >= 11 is 0. The number of rotatable bonds is 11. The Bertz CT molecular complexity index is 1980. The van der Waals surface area contributed by atoms with Crippen molar-refractivity contribution in [1.82, 2.24) is 14.5 Å². The van der Waals surface area contributed by atoms with Crippen molar-refractivity contribution < 1.29 is 23.0 Å². The van der Waals surface area contributed by atoms with Crippen LogP contribution in [0.5, 0.6) is 11.5 Å². The molecule has 1 amide bonds. The lowest BCUT2D eigenvalue weighted by atomic mass is 10.0. The highest BCUT2D eigenvalue weighted by atomic mass is 19.1. The van der Waals surface area contributed by atoms with Gasteiger partial charge < -0.3 is 29.6 Å². The molecule has 3 aromatic carbocycles. The lowest BCUT2D eigenvalue weighted by molar-refractivity contribution is -0.111. The maximum atomic E-state index is 15.7. The summed E-state index contributed by atoms with van der Waals surface area (Å²) in [5.74, 6) is -2.47. The average Bonchev–Trinajstić information content (AvgIpc) is 3.05. The van der Waals surface area contributed by atoms with Crippen molar-refractivity contribution in [1.29, 1.82) is 0 Å². The number of nitrogens with zero attached hydrogens (tertiary/aromatic N) is 3. The van der Waals surface area contributed by atoms with Gasteiger partial charge in [0.25, 0.3) is 5.56 Å². The first-order valence-electron chi connectivity index (χ1n) is 14.8. The Morgan fingerprint density at radius 2 is 1.64 bits per heavy atom. The number of hydrogen-bond acceptors (Lipinski definition) is 7. The molecule has 0 radical (unpaired) electrons. The molecular weight excluding hydrogens is 604 g/mol. The van der Waals surface area contributed by atoms with E-state index in [-0.39, 0.29) is 23.0 Å². The van der Waals surface area contributed by atoms with Gasteiger partial charge in [-0.1, -0.05) is 36.4 Å². The smallest absolute Gasteiger partial charge is 0.259 e. The zero-order valence-electron chi connectivity index (χ0n) is 26.7. The number of likely N-dealkylation sites (N-methyl/N-ethyl adjacent to an activating group) is 1. The second-order valence-corrected chi connectivity index (χ2v) is 11.1. The van der Waals surface area contributed by atoms with Crippen molar-refractivity contribution in [2.24, 2.45) is 0 Å². The van der Waals surface area contributed by atoms with E-state index in [0.717, 1.165) is 11.8 Å². The highest BCUT2D eigenvalue weighted by Crippen LogP contribution is 2.38. The fourth-order valence-corrected chi connectivity index (χ4v) is 5.23. The molecule has 0 aliphatic rings.